The molecule has 0 fully saturated rings. The molecule has 0 aromatic heterocycles. The second-order valence-corrected chi connectivity index (χ2v) is 5.56. The fraction of sp³-hybridized carbons (Fsp3) is 0.0476. The molecule has 0 atom stereocenters. The van der Waals surface area contributed by atoms with Crippen LogP contribution in [0.3, 0.4) is 0 Å². The number of hydrogen-bond donors (Lipinski definition) is 1. The first-order valence-electron chi connectivity index (χ1n) is 7.71. The molecular formula is C21H17NO2. The Balaban J connectivity index is 1.80. The average molecular weight is 315 g/mol. The van der Waals surface area contributed by atoms with Gasteiger partial charge < -0.3 is 5.73 Å². The summed E-state index contributed by atoms with van der Waals surface area (Å²) in [4.78, 5) is 23.9. The lowest BCUT2D eigenvalue weighted by Gasteiger charge is -2.07. The summed E-state index contributed by atoms with van der Waals surface area (Å²) in [5, 5.41) is 0. The molecule has 1 amide bonds. The second kappa shape index (κ2) is 6.92. The maximum absolute atomic E-state index is 12.5. The zero-order chi connectivity index (χ0) is 16.9. The normalized spacial score (nSPS) is 10.3. The van der Waals surface area contributed by atoms with Crippen LogP contribution in [0.2, 0.25) is 0 Å². The molecule has 0 unspecified atom stereocenters. The van der Waals surface area contributed by atoms with Crippen molar-refractivity contribution in [3.63, 3.8) is 0 Å². The highest BCUT2D eigenvalue weighted by atomic mass is 16.1. The first-order valence-corrected chi connectivity index (χ1v) is 7.71. The number of ketones is 1. The molecule has 24 heavy (non-hydrogen) atoms. The van der Waals surface area contributed by atoms with E-state index < -0.39 is 5.91 Å². The van der Waals surface area contributed by atoms with Gasteiger partial charge in [-0.3, -0.25) is 9.59 Å². The molecule has 0 heterocycles. The Labute approximate surface area is 140 Å². The number of primary amides is 1. The van der Waals surface area contributed by atoms with E-state index in [-0.39, 0.29) is 12.2 Å². The molecule has 2 N–H and O–H groups in total. The van der Waals surface area contributed by atoms with Gasteiger partial charge in [-0.2, -0.15) is 0 Å². The van der Waals surface area contributed by atoms with Crippen molar-refractivity contribution in [1.82, 2.24) is 0 Å². The number of rotatable bonds is 5. The van der Waals surface area contributed by atoms with E-state index in [0.717, 1.165) is 11.1 Å². The SMILES string of the molecule is NC(=O)c1ccccc1CC(=O)c1ccc(-c2ccccc2)cc1. The molecule has 0 aliphatic heterocycles. The van der Waals surface area contributed by atoms with Crippen LogP contribution in [0.5, 0.6) is 0 Å². The van der Waals surface area contributed by atoms with Crippen molar-refractivity contribution in [3.05, 3.63) is 95.6 Å². The average Bonchev–Trinajstić information content (AvgIpc) is 2.63. The number of carbonyl (C=O) groups is 2. The quantitative estimate of drug-likeness (QED) is 0.726. The monoisotopic (exact) mass is 315 g/mol. The number of carbonyl (C=O) groups excluding carboxylic acids is 2. The van der Waals surface area contributed by atoms with Crippen LogP contribution in [0.4, 0.5) is 0 Å². The van der Waals surface area contributed by atoms with Gasteiger partial charge in [0.05, 0.1) is 0 Å². The van der Waals surface area contributed by atoms with Gasteiger partial charge in [-0.25, -0.2) is 0 Å². The van der Waals surface area contributed by atoms with E-state index in [0.29, 0.717) is 16.7 Å². The lowest BCUT2D eigenvalue weighted by molar-refractivity contribution is 0.0991. The van der Waals surface area contributed by atoms with Crippen molar-refractivity contribution < 1.29 is 9.59 Å². The Hall–Kier alpha value is -3.20. The van der Waals surface area contributed by atoms with Gasteiger partial charge in [-0.1, -0.05) is 72.8 Å². The van der Waals surface area contributed by atoms with Gasteiger partial charge in [-0.05, 0) is 22.8 Å². The minimum Gasteiger partial charge on any atom is -0.366 e. The fourth-order valence-corrected chi connectivity index (χ4v) is 2.67. The van der Waals surface area contributed by atoms with Crippen LogP contribution in [0.1, 0.15) is 26.3 Å². The summed E-state index contributed by atoms with van der Waals surface area (Å²) in [5.41, 5.74) is 9.20. The maximum Gasteiger partial charge on any atom is 0.248 e. The summed E-state index contributed by atoms with van der Waals surface area (Å²) >= 11 is 0. The van der Waals surface area contributed by atoms with Gasteiger partial charge >= 0.3 is 0 Å². The van der Waals surface area contributed by atoms with E-state index >= 15 is 0 Å². The lowest BCUT2D eigenvalue weighted by atomic mass is 9.97. The highest BCUT2D eigenvalue weighted by Crippen LogP contribution is 2.20. The summed E-state index contributed by atoms with van der Waals surface area (Å²) in [5.74, 6) is -0.555. The molecule has 3 aromatic rings. The van der Waals surface area contributed by atoms with E-state index in [2.05, 4.69) is 0 Å². The molecular weight excluding hydrogens is 298 g/mol. The van der Waals surface area contributed by atoms with Crippen LogP contribution in [-0.2, 0) is 6.42 Å². The van der Waals surface area contributed by atoms with Gasteiger partial charge in [0.15, 0.2) is 5.78 Å². The zero-order valence-electron chi connectivity index (χ0n) is 13.1. The smallest absolute Gasteiger partial charge is 0.248 e. The molecule has 0 radical (unpaired) electrons. The van der Waals surface area contributed by atoms with Crippen molar-refractivity contribution in [2.75, 3.05) is 0 Å². The third-order valence-corrected chi connectivity index (χ3v) is 3.95. The highest BCUT2D eigenvalue weighted by Gasteiger charge is 2.13. The molecule has 3 rings (SSSR count). The number of amides is 1. The van der Waals surface area contributed by atoms with Crippen LogP contribution in [0, 0.1) is 0 Å². The zero-order valence-corrected chi connectivity index (χ0v) is 13.1. The van der Waals surface area contributed by atoms with E-state index in [9.17, 15) is 9.59 Å². The summed E-state index contributed by atoms with van der Waals surface area (Å²) < 4.78 is 0. The first-order chi connectivity index (χ1) is 11.6. The molecule has 0 aliphatic carbocycles. The summed E-state index contributed by atoms with van der Waals surface area (Å²) in [6.45, 7) is 0. The fourth-order valence-electron chi connectivity index (χ4n) is 2.67. The molecule has 0 spiro atoms. The van der Waals surface area contributed by atoms with Gasteiger partial charge in [0.2, 0.25) is 5.91 Å². The van der Waals surface area contributed by atoms with Crippen molar-refractivity contribution >= 4 is 11.7 Å². The topological polar surface area (TPSA) is 60.2 Å². The number of benzene rings is 3. The van der Waals surface area contributed by atoms with E-state index in [1.807, 2.05) is 54.6 Å². The van der Waals surface area contributed by atoms with Crippen molar-refractivity contribution in [2.24, 2.45) is 5.73 Å². The molecule has 3 aromatic carbocycles. The molecule has 0 saturated heterocycles. The Morgan fingerprint density at radius 2 is 1.29 bits per heavy atom. The highest BCUT2D eigenvalue weighted by molar-refractivity contribution is 6.01. The molecule has 0 aliphatic rings. The Morgan fingerprint density at radius 1 is 0.708 bits per heavy atom. The third-order valence-electron chi connectivity index (χ3n) is 3.95. The van der Waals surface area contributed by atoms with Gasteiger partial charge in [0.25, 0.3) is 0 Å². The van der Waals surface area contributed by atoms with Crippen molar-refractivity contribution in [1.29, 1.82) is 0 Å². The summed E-state index contributed by atoms with van der Waals surface area (Å²) in [6, 6.07) is 24.4. The third kappa shape index (κ3) is 3.41. The Bertz CT molecular complexity index is 868. The van der Waals surface area contributed by atoms with E-state index in [1.54, 1.807) is 24.3 Å². The van der Waals surface area contributed by atoms with Gasteiger partial charge in [0, 0.05) is 17.5 Å². The first kappa shape index (κ1) is 15.7. The van der Waals surface area contributed by atoms with E-state index in [1.165, 1.54) is 0 Å². The standard InChI is InChI=1S/C21H17NO2/c22-21(24)19-9-5-4-8-18(19)14-20(23)17-12-10-16(11-13-17)15-6-2-1-3-7-15/h1-13H,14H2,(H2,22,24). The number of hydrogen-bond acceptors (Lipinski definition) is 2. The van der Waals surface area contributed by atoms with Gasteiger partial charge in [0.1, 0.15) is 0 Å². The predicted molar refractivity (Wildman–Crippen MR) is 94.9 cm³/mol. The summed E-state index contributed by atoms with van der Waals surface area (Å²) in [6.07, 6.45) is 0.157. The van der Waals surface area contributed by atoms with Crippen LogP contribution in [0.25, 0.3) is 11.1 Å². The van der Waals surface area contributed by atoms with Crippen molar-refractivity contribution in [3.8, 4) is 11.1 Å². The largest absolute Gasteiger partial charge is 0.366 e. The molecule has 0 saturated carbocycles. The van der Waals surface area contributed by atoms with Gasteiger partial charge in [-0.15, -0.1) is 0 Å². The Morgan fingerprint density at radius 3 is 1.96 bits per heavy atom. The predicted octanol–water partition coefficient (Wildman–Crippen LogP) is 3.88. The summed E-state index contributed by atoms with van der Waals surface area (Å²) in [7, 11) is 0. The van der Waals surface area contributed by atoms with Crippen LogP contribution in [-0.4, -0.2) is 11.7 Å². The van der Waals surface area contributed by atoms with Crippen LogP contribution < -0.4 is 5.73 Å². The van der Waals surface area contributed by atoms with E-state index in [4.69, 9.17) is 5.73 Å². The van der Waals surface area contributed by atoms with Crippen LogP contribution in [0.15, 0.2) is 78.9 Å². The molecule has 0 bridgehead atoms. The minimum atomic E-state index is -0.516. The van der Waals surface area contributed by atoms with Crippen LogP contribution >= 0.6 is 0 Å². The minimum absolute atomic E-state index is 0.0386. The maximum atomic E-state index is 12.5. The van der Waals surface area contributed by atoms with Crippen molar-refractivity contribution in [2.45, 2.75) is 6.42 Å². The molecule has 3 nitrogen and oxygen atoms in total. The number of Topliss-reactive ketones (excluding diaryl/α,β-unsaturated/α-hetero) is 1. The molecule has 118 valence electrons. The second-order valence-electron chi connectivity index (χ2n) is 5.56. The Kier molecular flexibility index (Phi) is 4.52. The molecule has 3 heteroatoms. The number of nitrogens with two attached hydrogens (primary N) is 1. The lowest BCUT2D eigenvalue weighted by Crippen LogP contribution is -2.15.